The fourth-order valence-electron chi connectivity index (χ4n) is 2.31. The number of nitrogens with zero attached hydrogens (tertiary/aromatic N) is 1. The Morgan fingerprint density at radius 1 is 1.04 bits per heavy atom. The monoisotopic (exact) mass is 361 g/mol. The summed E-state index contributed by atoms with van der Waals surface area (Å²) in [5.74, 6) is 0.0550. The van der Waals surface area contributed by atoms with Crippen molar-refractivity contribution in [2.45, 2.75) is 41.0 Å². The fraction of sp³-hybridized carbons (Fsp3) is 0.250. The van der Waals surface area contributed by atoms with Gasteiger partial charge in [-0.25, -0.2) is 4.79 Å². The molecule has 0 saturated carbocycles. The van der Waals surface area contributed by atoms with Gasteiger partial charge in [-0.15, -0.1) is 0 Å². The average Bonchev–Trinajstić information content (AvgIpc) is 2.71. The number of nitriles is 1. The van der Waals surface area contributed by atoms with Gasteiger partial charge in [-0.05, 0) is 49.6 Å². The molecule has 0 aliphatic carbocycles. The van der Waals surface area contributed by atoms with Gasteiger partial charge in [-0.3, -0.25) is 0 Å². The Morgan fingerprint density at radius 3 is 2.00 bits per heavy atom. The molecule has 3 heteroatoms. The van der Waals surface area contributed by atoms with Crippen molar-refractivity contribution in [3.05, 3.63) is 77.4 Å². The summed E-state index contributed by atoms with van der Waals surface area (Å²) in [5.41, 5.74) is 4.31. The number of carbonyl (C=O) groups is 1. The molecular formula is C24H27NO2. The van der Waals surface area contributed by atoms with E-state index in [1.807, 2.05) is 39.0 Å². The predicted molar refractivity (Wildman–Crippen MR) is 111 cm³/mol. The van der Waals surface area contributed by atoms with Crippen molar-refractivity contribution < 1.29 is 9.53 Å². The molecule has 0 aliphatic heterocycles. The fourth-order valence-corrected chi connectivity index (χ4v) is 2.31. The zero-order valence-electron chi connectivity index (χ0n) is 16.7. The molecule has 3 nitrogen and oxygen atoms in total. The number of ether oxygens (including phenoxy) is 1. The lowest BCUT2D eigenvalue weighted by Crippen LogP contribution is -2.11. The molecule has 2 aromatic rings. The highest BCUT2D eigenvalue weighted by Crippen LogP contribution is 2.23. The third-order valence-corrected chi connectivity index (χ3v) is 3.86. The Balaban J connectivity index is 0.00000176. The number of hydrogen-bond donors (Lipinski definition) is 0. The summed E-state index contributed by atoms with van der Waals surface area (Å²) in [5, 5.41) is 8.98. The van der Waals surface area contributed by atoms with Crippen LogP contribution in [-0.2, 0) is 4.79 Å². The molecule has 0 heterocycles. The highest BCUT2D eigenvalue weighted by molar-refractivity contribution is 5.91. The Hall–Kier alpha value is -3.12. The second-order valence-corrected chi connectivity index (χ2v) is 5.66. The smallest absolute Gasteiger partial charge is 0.339 e. The summed E-state index contributed by atoms with van der Waals surface area (Å²) in [6.07, 6.45) is 3.74. The number of rotatable bonds is 5. The predicted octanol–water partition coefficient (Wildman–Crippen LogP) is 6.40. The molecule has 0 amide bonds. The second-order valence-electron chi connectivity index (χ2n) is 5.66. The molecule has 0 atom stereocenters. The average molecular weight is 361 g/mol. The molecule has 27 heavy (non-hydrogen) atoms. The van der Waals surface area contributed by atoms with Crippen molar-refractivity contribution in [3.63, 3.8) is 0 Å². The Bertz CT molecular complexity index is 835. The number of esters is 1. The van der Waals surface area contributed by atoms with Crippen molar-refractivity contribution >= 4 is 5.97 Å². The molecule has 0 aromatic heterocycles. The van der Waals surface area contributed by atoms with Crippen LogP contribution in [0.25, 0.3) is 11.1 Å². The summed E-state index contributed by atoms with van der Waals surface area (Å²) >= 11 is 0. The van der Waals surface area contributed by atoms with Crippen LogP contribution in [0.3, 0.4) is 0 Å². The van der Waals surface area contributed by atoms with Crippen molar-refractivity contribution in [1.29, 1.82) is 5.26 Å². The lowest BCUT2D eigenvalue weighted by atomic mass is 10.0. The van der Waals surface area contributed by atoms with Crippen molar-refractivity contribution in [3.8, 4) is 22.9 Å². The van der Waals surface area contributed by atoms with Gasteiger partial charge >= 0.3 is 5.97 Å². The third-order valence-electron chi connectivity index (χ3n) is 3.86. The van der Waals surface area contributed by atoms with Crippen LogP contribution >= 0.6 is 0 Å². The van der Waals surface area contributed by atoms with Gasteiger partial charge in [0.25, 0.3) is 0 Å². The second kappa shape index (κ2) is 11.5. The minimum Gasteiger partial charge on any atom is -0.423 e. The largest absolute Gasteiger partial charge is 0.423 e. The first-order valence-corrected chi connectivity index (χ1v) is 9.23. The summed E-state index contributed by atoms with van der Waals surface area (Å²) in [4.78, 5) is 12.3. The van der Waals surface area contributed by atoms with E-state index in [0.717, 1.165) is 11.1 Å². The first kappa shape index (κ1) is 21.9. The first-order valence-electron chi connectivity index (χ1n) is 9.23. The molecule has 0 spiro atoms. The highest BCUT2D eigenvalue weighted by Gasteiger charge is 2.11. The van der Waals surface area contributed by atoms with E-state index in [1.165, 1.54) is 5.56 Å². The lowest BCUT2D eigenvalue weighted by Gasteiger charge is -2.08. The first-order chi connectivity index (χ1) is 13.1. The van der Waals surface area contributed by atoms with Crippen LogP contribution in [0.5, 0.6) is 5.75 Å². The Labute approximate surface area is 162 Å². The Morgan fingerprint density at radius 2 is 1.56 bits per heavy atom. The van der Waals surface area contributed by atoms with E-state index < -0.39 is 5.97 Å². The molecule has 0 N–H and O–H groups in total. The van der Waals surface area contributed by atoms with Crippen molar-refractivity contribution in [2.24, 2.45) is 0 Å². The molecule has 2 rings (SSSR count). The highest BCUT2D eigenvalue weighted by atomic mass is 16.5. The van der Waals surface area contributed by atoms with E-state index in [-0.39, 0.29) is 0 Å². The van der Waals surface area contributed by atoms with E-state index in [2.05, 4.69) is 31.2 Å². The van der Waals surface area contributed by atoms with E-state index in [1.54, 1.807) is 31.2 Å². The topological polar surface area (TPSA) is 50.1 Å². The van der Waals surface area contributed by atoms with Gasteiger partial charge in [0, 0.05) is 11.1 Å². The third kappa shape index (κ3) is 6.60. The number of hydrogen-bond acceptors (Lipinski definition) is 3. The number of allylic oxidation sites excluding steroid dienone is 3. The zero-order chi connectivity index (χ0) is 20.2. The van der Waals surface area contributed by atoms with Crippen LogP contribution in [0.1, 0.15) is 39.7 Å². The number of benzene rings is 2. The van der Waals surface area contributed by atoms with E-state index in [9.17, 15) is 4.79 Å². The van der Waals surface area contributed by atoms with Crippen LogP contribution in [0.15, 0.2) is 71.8 Å². The van der Waals surface area contributed by atoms with Crippen LogP contribution in [0.4, 0.5) is 0 Å². The molecule has 0 saturated heterocycles. The summed E-state index contributed by atoms with van der Waals surface area (Å²) < 4.78 is 5.42. The molecule has 2 aromatic carbocycles. The van der Waals surface area contributed by atoms with Crippen molar-refractivity contribution in [2.75, 3.05) is 0 Å². The minimum atomic E-state index is -0.430. The zero-order valence-corrected chi connectivity index (χ0v) is 16.7. The SMILES string of the molecule is C/C=C(C#N)\C=C(/CC)C(=O)Oc1ccc(-c2ccc(C)cc2)cc1.CC. The molecule has 0 aliphatic rings. The summed E-state index contributed by atoms with van der Waals surface area (Å²) in [7, 11) is 0. The quantitative estimate of drug-likeness (QED) is 0.203. The Kier molecular flexibility index (Phi) is 9.33. The standard InChI is InChI=1S/C22H21NO2.C2H6/c1-4-17(15-23)14-18(5-2)22(24)25-21-12-10-20(11-13-21)19-8-6-16(3)7-9-19;1-2/h4,6-14H,5H2,1-3H3;1-2H3/b17-4+,18-14+;. The minimum absolute atomic E-state index is 0.430. The van der Waals surface area contributed by atoms with E-state index in [4.69, 9.17) is 10.00 Å². The molecule has 0 bridgehead atoms. The van der Waals surface area contributed by atoms with Crippen LogP contribution in [0.2, 0.25) is 0 Å². The van der Waals surface area contributed by atoms with Gasteiger partial charge in [0.15, 0.2) is 0 Å². The maximum absolute atomic E-state index is 12.3. The molecule has 140 valence electrons. The van der Waals surface area contributed by atoms with E-state index >= 15 is 0 Å². The summed E-state index contributed by atoms with van der Waals surface area (Å²) in [6.45, 7) is 9.67. The molecule has 0 radical (unpaired) electrons. The lowest BCUT2D eigenvalue weighted by molar-refractivity contribution is -0.130. The normalized spacial score (nSPS) is 11.1. The number of aryl methyl sites for hydroxylation is 1. The van der Waals surface area contributed by atoms with Crippen LogP contribution < -0.4 is 4.74 Å². The van der Waals surface area contributed by atoms with E-state index in [0.29, 0.717) is 23.3 Å². The van der Waals surface area contributed by atoms with Crippen molar-refractivity contribution in [1.82, 2.24) is 0 Å². The van der Waals surface area contributed by atoms with Gasteiger partial charge < -0.3 is 4.74 Å². The van der Waals surface area contributed by atoms with Gasteiger partial charge in [0.1, 0.15) is 5.75 Å². The van der Waals surface area contributed by atoms with Crippen LogP contribution in [0, 0.1) is 18.3 Å². The van der Waals surface area contributed by atoms with Gasteiger partial charge in [-0.2, -0.15) is 5.26 Å². The number of carbonyl (C=O) groups excluding carboxylic acids is 1. The maximum atomic E-state index is 12.3. The van der Waals surface area contributed by atoms with Gasteiger partial charge in [0.05, 0.1) is 6.07 Å². The molecular weight excluding hydrogens is 334 g/mol. The van der Waals surface area contributed by atoms with Gasteiger partial charge in [0.2, 0.25) is 0 Å². The summed E-state index contributed by atoms with van der Waals surface area (Å²) in [6, 6.07) is 17.7. The van der Waals surface area contributed by atoms with Crippen LogP contribution in [-0.4, -0.2) is 5.97 Å². The van der Waals surface area contributed by atoms with Gasteiger partial charge in [-0.1, -0.05) is 68.8 Å². The molecule has 0 unspecified atom stereocenters. The maximum Gasteiger partial charge on any atom is 0.339 e. The molecule has 0 fully saturated rings.